The molecule has 0 saturated carbocycles. The second-order valence-corrected chi connectivity index (χ2v) is 7.59. The first-order valence-corrected chi connectivity index (χ1v) is 9.57. The Kier molecular flexibility index (Phi) is 5.84. The second-order valence-electron chi connectivity index (χ2n) is 4.92. The van der Waals surface area contributed by atoms with Crippen LogP contribution in [0.2, 0.25) is 0 Å². The van der Waals surface area contributed by atoms with Crippen LogP contribution < -0.4 is 4.72 Å². The van der Waals surface area contributed by atoms with Crippen LogP contribution in [0.4, 0.5) is 0 Å². The van der Waals surface area contributed by atoms with Gasteiger partial charge in [0, 0.05) is 10.6 Å². The van der Waals surface area contributed by atoms with E-state index >= 15 is 0 Å². The van der Waals surface area contributed by atoms with Gasteiger partial charge in [-0.15, -0.1) is 0 Å². The van der Waals surface area contributed by atoms with Gasteiger partial charge in [-0.2, -0.15) is 13.1 Å². The Morgan fingerprint density at radius 1 is 1.27 bits per heavy atom. The summed E-state index contributed by atoms with van der Waals surface area (Å²) in [6, 6.07) is 7.61. The fourth-order valence-corrected chi connectivity index (χ4v) is 3.51. The minimum atomic E-state index is -3.88. The predicted molar refractivity (Wildman–Crippen MR) is 90.2 cm³/mol. The molecule has 1 aliphatic heterocycles. The number of ether oxygens (including phenoxy) is 2. The Labute approximate surface area is 144 Å². The van der Waals surface area contributed by atoms with Gasteiger partial charge in [0.1, 0.15) is 6.10 Å². The highest BCUT2D eigenvalue weighted by molar-refractivity contribution is 14.1. The highest BCUT2D eigenvalue weighted by Crippen LogP contribution is 2.44. The average Bonchev–Trinajstić information content (AvgIpc) is 2.86. The van der Waals surface area contributed by atoms with Gasteiger partial charge in [-0.05, 0) is 47.1 Å². The van der Waals surface area contributed by atoms with Crippen LogP contribution >= 0.6 is 22.6 Å². The van der Waals surface area contributed by atoms with Gasteiger partial charge in [-0.25, -0.2) is 4.18 Å². The Morgan fingerprint density at radius 2 is 1.91 bits per heavy atom. The van der Waals surface area contributed by atoms with Crippen LogP contribution in [0.3, 0.4) is 0 Å². The van der Waals surface area contributed by atoms with Crippen molar-refractivity contribution in [2.24, 2.45) is 0 Å². The van der Waals surface area contributed by atoms with Crippen LogP contribution in [0.25, 0.3) is 0 Å². The third-order valence-corrected chi connectivity index (χ3v) is 5.61. The number of rotatable bonds is 6. The van der Waals surface area contributed by atoms with Crippen molar-refractivity contribution < 1.29 is 22.1 Å². The summed E-state index contributed by atoms with van der Waals surface area (Å²) in [6.07, 6.45) is -0.421. The Morgan fingerprint density at radius 3 is 2.45 bits per heavy atom. The molecule has 8 heteroatoms. The first kappa shape index (κ1) is 18.1. The van der Waals surface area contributed by atoms with E-state index in [-0.39, 0.29) is 0 Å². The summed E-state index contributed by atoms with van der Waals surface area (Å²) in [7, 11) is -2.59. The molecule has 0 bridgehead atoms. The normalized spacial score (nSPS) is 24.5. The van der Waals surface area contributed by atoms with E-state index in [2.05, 4.69) is 27.3 Å². The third kappa shape index (κ3) is 3.80. The maximum Gasteiger partial charge on any atom is 0.338 e. The predicted octanol–water partition coefficient (Wildman–Crippen LogP) is 2.70. The van der Waals surface area contributed by atoms with E-state index in [1.54, 1.807) is 0 Å². The van der Waals surface area contributed by atoms with E-state index < -0.39 is 28.5 Å². The quantitative estimate of drug-likeness (QED) is 0.688. The van der Waals surface area contributed by atoms with Gasteiger partial charge in [0.05, 0.1) is 0 Å². The minimum absolute atomic E-state index is 0.600. The fraction of sp³-hybridized carbons (Fsp3) is 0.571. The lowest BCUT2D eigenvalue weighted by Crippen LogP contribution is -2.32. The zero-order chi connectivity index (χ0) is 16.4. The molecule has 0 aromatic heterocycles. The van der Waals surface area contributed by atoms with Crippen LogP contribution in [-0.2, 0) is 24.0 Å². The molecular weight excluding hydrogens is 421 g/mol. The van der Waals surface area contributed by atoms with Crippen molar-refractivity contribution in [3.63, 3.8) is 0 Å². The number of benzene rings is 1. The molecule has 0 amide bonds. The van der Waals surface area contributed by atoms with Crippen LogP contribution in [0, 0.1) is 3.57 Å². The molecule has 0 spiro atoms. The zero-order valence-electron chi connectivity index (χ0n) is 12.7. The molecule has 1 N–H and O–H groups in total. The summed E-state index contributed by atoms with van der Waals surface area (Å²) in [6.45, 7) is 3.87. The van der Waals surface area contributed by atoms with Crippen LogP contribution in [0.1, 0.15) is 38.4 Å². The smallest absolute Gasteiger partial charge is 0.336 e. The molecule has 2 rings (SSSR count). The van der Waals surface area contributed by atoms with Gasteiger partial charge in [-0.1, -0.05) is 32.0 Å². The monoisotopic (exact) mass is 441 g/mol. The van der Waals surface area contributed by atoms with Crippen LogP contribution in [0.5, 0.6) is 0 Å². The topological polar surface area (TPSA) is 73.9 Å². The molecule has 22 heavy (non-hydrogen) atoms. The van der Waals surface area contributed by atoms with E-state index in [9.17, 15) is 8.42 Å². The van der Waals surface area contributed by atoms with Crippen molar-refractivity contribution in [2.45, 2.75) is 44.9 Å². The van der Waals surface area contributed by atoms with Crippen molar-refractivity contribution in [2.75, 3.05) is 7.05 Å². The summed E-state index contributed by atoms with van der Waals surface area (Å²) in [5.74, 6) is -0.836. The van der Waals surface area contributed by atoms with Crippen molar-refractivity contribution in [3.05, 3.63) is 33.4 Å². The van der Waals surface area contributed by atoms with Crippen LogP contribution in [-0.4, -0.2) is 27.5 Å². The summed E-state index contributed by atoms with van der Waals surface area (Å²) >= 11 is 2.19. The van der Waals surface area contributed by atoms with E-state index in [4.69, 9.17) is 13.7 Å². The minimum Gasteiger partial charge on any atom is -0.336 e. The zero-order valence-corrected chi connectivity index (χ0v) is 15.7. The molecule has 0 aliphatic carbocycles. The molecule has 1 aliphatic rings. The van der Waals surface area contributed by atoms with Gasteiger partial charge < -0.3 is 9.47 Å². The van der Waals surface area contributed by atoms with Gasteiger partial charge in [0.15, 0.2) is 5.79 Å². The summed E-state index contributed by atoms with van der Waals surface area (Å²) in [5.41, 5.74) is 0.850. The number of hydrogen-bond acceptors (Lipinski definition) is 5. The van der Waals surface area contributed by atoms with E-state index in [1.807, 2.05) is 38.1 Å². The van der Waals surface area contributed by atoms with Gasteiger partial charge >= 0.3 is 10.3 Å². The van der Waals surface area contributed by atoms with E-state index in [0.717, 1.165) is 9.13 Å². The molecule has 0 radical (unpaired) electrons. The Bertz CT molecular complexity index is 617. The number of nitrogens with one attached hydrogen (secondary N) is 1. The lowest BCUT2D eigenvalue weighted by molar-refractivity contribution is -0.196. The molecular formula is C14H20INO5S. The van der Waals surface area contributed by atoms with Gasteiger partial charge in [0.2, 0.25) is 6.29 Å². The van der Waals surface area contributed by atoms with Gasteiger partial charge in [0.25, 0.3) is 0 Å². The molecule has 1 fully saturated rings. The first-order chi connectivity index (χ1) is 10.4. The Hall–Kier alpha value is -0.260. The highest BCUT2D eigenvalue weighted by atomic mass is 127. The summed E-state index contributed by atoms with van der Waals surface area (Å²) < 4.78 is 43.6. The van der Waals surface area contributed by atoms with Crippen LogP contribution in [0.15, 0.2) is 24.3 Å². The van der Waals surface area contributed by atoms with Crippen molar-refractivity contribution in [1.29, 1.82) is 0 Å². The van der Waals surface area contributed by atoms with Crippen molar-refractivity contribution >= 4 is 32.9 Å². The third-order valence-electron chi connectivity index (χ3n) is 3.68. The molecule has 6 nitrogen and oxygen atoms in total. The molecule has 124 valence electrons. The molecule has 2 atom stereocenters. The molecule has 1 saturated heterocycles. The van der Waals surface area contributed by atoms with Crippen molar-refractivity contribution in [3.8, 4) is 0 Å². The summed E-state index contributed by atoms with van der Waals surface area (Å²) in [4.78, 5) is 0. The molecule has 1 heterocycles. The molecule has 1 aromatic carbocycles. The fourth-order valence-electron chi connectivity index (χ4n) is 2.33. The average molecular weight is 441 g/mol. The largest absolute Gasteiger partial charge is 0.338 e. The van der Waals surface area contributed by atoms with Crippen molar-refractivity contribution in [1.82, 2.24) is 4.72 Å². The Balaban J connectivity index is 2.37. The van der Waals surface area contributed by atoms with E-state index in [1.165, 1.54) is 7.05 Å². The highest BCUT2D eigenvalue weighted by Gasteiger charge is 2.48. The standard InChI is InChI=1S/C14H20INO5S/c1-4-14(5-2)19-12(10-8-6-7-9-11(10)15)13(20-14)21-22(17,18)16-3/h6-9,12-13,16H,4-5H2,1-3H3. The summed E-state index contributed by atoms with van der Waals surface area (Å²) in [5, 5.41) is 0. The second kappa shape index (κ2) is 7.10. The SMILES string of the molecule is CCC1(CC)OC(OS(=O)(=O)NC)C(c2ccccc2I)O1. The van der Waals surface area contributed by atoms with Gasteiger partial charge in [-0.3, -0.25) is 0 Å². The molecule has 1 aromatic rings. The number of halogens is 1. The lowest BCUT2D eigenvalue weighted by Gasteiger charge is -2.24. The number of hydrogen-bond donors (Lipinski definition) is 1. The maximum absolute atomic E-state index is 11.7. The van der Waals surface area contributed by atoms with E-state index in [0.29, 0.717) is 12.8 Å². The lowest BCUT2D eigenvalue weighted by atomic mass is 10.1. The molecule has 2 unspecified atom stereocenters. The maximum atomic E-state index is 11.7. The first-order valence-electron chi connectivity index (χ1n) is 7.08.